The van der Waals surface area contributed by atoms with Crippen LogP contribution in [0.15, 0.2) is 11.1 Å². The highest BCUT2D eigenvalue weighted by Gasteiger charge is 2.17. The smallest absolute Gasteiger partial charge is 0.104 e. The molecule has 3 heteroatoms. The predicted molar refractivity (Wildman–Crippen MR) is 65.6 cm³/mol. The van der Waals surface area contributed by atoms with Crippen molar-refractivity contribution in [2.45, 2.75) is 33.1 Å². The van der Waals surface area contributed by atoms with Gasteiger partial charge in [-0.05, 0) is 18.6 Å². The van der Waals surface area contributed by atoms with Gasteiger partial charge in [-0.2, -0.15) is 0 Å². The SMILES string of the molecule is CN=Cc1nc(C(C)(C)C)cc(C)c1N. The van der Waals surface area contributed by atoms with Crippen molar-refractivity contribution >= 4 is 11.9 Å². The Bertz CT molecular complexity index is 387. The van der Waals surface area contributed by atoms with Gasteiger partial charge in [0.15, 0.2) is 0 Å². The lowest BCUT2D eigenvalue weighted by Crippen LogP contribution is -2.16. The highest BCUT2D eigenvalue weighted by Crippen LogP contribution is 2.24. The first-order valence-electron chi connectivity index (χ1n) is 5.06. The van der Waals surface area contributed by atoms with Gasteiger partial charge in [0, 0.05) is 24.4 Å². The van der Waals surface area contributed by atoms with E-state index < -0.39 is 0 Å². The Morgan fingerprint density at radius 1 is 1.40 bits per heavy atom. The van der Waals surface area contributed by atoms with Crippen molar-refractivity contribution in [2.24, 2.45) is 4.99 Å². The monoisotopic (exact) mass is 205 g/mol. The lowest BCUT2D eigenvalue weighted by molar-refractivity contribution is 0.568. The van der Waals surface area contributed by atoms with Gasteiger partial charge in [0.05, 0.1) is 5.69 Å². The molecule has 1 aromatic rings. The van der Waals surface area contributed by atoms with Gasteiger partial charge < -0.3 is 5.73 Å². The number of nitrogen functional groups attached to an aromatic ring is 1. The summed E-state index contributed by atoms with van der Waals surface area (Å²) in [5.74, 6) is 0. The Kier molecular flexibility index (Phi) is 3.12. The molecule has 1 heterocycles. The zero-order chi connectivity index (χ0) is 11.6. The third-order valence-corrected chi connectivity index (χ3v) is 2.31. The lowest BCUT2D eigenvalue weighted by atomic mass is 9.90. The highest BCUT2D eigenvalue weighted by molar-refractivity contribution is 5.85. The second-order valence-electron chi connectivity index (χ2n) is 4.76. The highest BCUT2D eigenvalue weighted by atomic mass is 14.8. The van der Waals surface area contributed by atoms with Crippen molar-refractivity contribution in [3.8, 4) is 0 Å². The number of hydrogen-bond acceptors (Lipinski definition) is 3. The lowest BCUT2D eigenvalue weighted by Gasteiger charge is -2.19. The van der Waals surface area contributed by atoms with Crippen LogP contribution in [-0.2, 0) is 5.41 Å². The number of aliphatic imine (C=N–C) groups is 1. The van der Waals surface area contributed by atoms with Crippen LogP contribution in [0.2, 0.25) is 0 Å². The van der Waals surface area contributed by atoms with Crippen LogP contribution < -0.4 is 5.73 Å². The molecule has 0 saturated carbocycles. The Morgan fingerprint density at radius 2 is 2.00 bits per heavy atom. The van der Waals surface area contributed by atoms with Crippen LogP contribution >= 0.6 is 0 Å². The molecule has 15 heavy (non-hydrogen) atoms. The van der Waals surface area contributed by atoms with E-state index in [0.717, 1.165) is 17.0 Å². The Labute approximate surface area is 91.4 Å². The summed E-state index contributed by atoms with van der Waals surface area (Å²) in [5, 5.41) is 0. The quantitative estimate of drug-likeness (QED) is 0.715. The summed E-state index contributed by atoms with van der Waals surface area (Å²) in [6, 6.07) is 2.04. The van der Waals surface area contributed by atoms with E-state index in [1.807, 2.05) is 13.0 Å². The fourth-order valence-electron chi connectivity index (χ4n) is 1.31. The van der Waals surface area contributed by atoms with E-state index in [9.17, 15) is 0 Å². The van der Waals surface area contributed by atoms with Gasteiger partial charge >= 0.3 is 0 Å². The number of nitrogens with zero attached hydrogens (tertiary/aromatic N) is 2. The van der Waals surface area contributed by atoms with E-state index >= 15 is 0 Å². The Balaban J connectivity index is 3.36. The number of anilines is 1. The fourth-order valence-corrected chi connectivity index (χ4v) is 1.31. The first kappa shape index (κ1) is 11.7. The van der Waals surface area contributed by atoms with Gasteiger partial charge in [0.25, 0.3) is 0 Å². The van der Waals surface area contributed by atoms with Crippen molar-refractivity contribution in [2.75, 3.05) is 12.8 Å². The minimum Gasteiger partial charge on any atom is -0.397 e. The van der Waals surface area contributed by atoms with Crippen molar-refractivity contribution < 1.29 is 0 Å². The molecular weight excluding hydrogens is 186 g/mol. The molecule has 82 valence electrons. The normalized spacial score (nSPS) is 12.3. The second kappa shape index (κ2) is 4.01. The van der Waals surface area contributed by atoms with E-state index in [2.05, 4.69) is 30.7 Å². The number of aryl methyl sites for hydroxylation is 1. The predicted octanol–water partition coefficient (Wildman–Crippen LogP) is 2.32. The molecule has 2 N–H and O–H groups in total. The van der Waals surface area contributed by atoms with Crippen LogP contribution in [0.25, 0.3) is 0 Å². The van der Waals surface area contributed by atoms with E-state index in [-0.39, 0.29) is 5.41 Å². The molecule has 0 bridgehead atoms. The minimum absolute atomic E-state index is 0.0365. The maximum atomic E-state index is 5.93. The zero-order valence-electron chi connectivity index (χ0n) is 10.1. The first-order valence-corrected chi connectivity index (χ1v) is 5.06. The molecule has 1 rings (SSSR count). The number of nitrogens with two attached hydrogens (primary N) is 1. The summed E-state index contributed by atoms with van der Waals surface area (Å²) in [6.07, 6.45) is 1.71. The van der Waals surface area contributed by atoms with Gasteiger partial charge in [-0.1, -0.05) is 20.8 Å². The summed E-state index contributed by atoms with van der Waals surface area (Å²) in [6.45, 7) is 8.41. The largest absolute Gasteiger partial charge is 0.397 e. The molecule has 0 unspecified atom stereocenters. The Hall–Kier alpha value is -1.38. The van der Waals surface area contributed by atoms with Gasteiger partial charge in [-0.3, -0.25) is 4.99 Å². The second-order valence-corrected chi connectivity index (χ2v) is 4.76. The van der Waals surface area contributed by atoms with E-state index in [1.54, 1.807) is 13.3 Å². The van der Waals surface area contributed by atoms with Crippen LogP contribution in [0.1, 0.15) is 37.7 Å². The van der Waals surface area contributed by atoms with Crippen molar-refractivity contribution in [1.82, 2.24) is 4.98 Å². The first-order chi connectivity index (χ1) is 6.86. The average Bonchev–Trinajstić information content (AvgIpc) is 2.11. The molecule has 0 aliphatic carbocycles. The topological polar surface area (TPSA) is 51.3 Å². The van der Waals surface area contributed by atoms with Gasteiger partial charge in [-0.15, -0.1) is 0 Å². The fraction of sp³-hybridized carbons (Fsp3) is 0.500. The van der Waals surface area contributed by atoms with Crippen LogP contribution in [0.3, 0.4) is 0 Å². The summed E-state index contributed by atoms with van der Waals surface area (Å²) in [5.41, 5.74) is 9.55. The molecule has 0 aliphatic rings. The maximum absolute atomic E-state index is 5.93. The molecule has 1 aromatic heterocycles. The van der Waals surface area contributed by atoms with Crippen molar-refractivity contribution in [3.63, 3.8) is 0 Å². The molecular formula is C12H19N3. The van der Waals surface area contributed by atoms with Gasteiger partial charge in [0.2, 0.25) is 0 Å². The summed E-state index contributed by atoms with van der Waals surface area (Å²) < 4.78 is 0. The van der Waals surface area contributed by atoms with Crippen molar-refractivity contribution in [3.05, 3.63) is 23.0 Å². The third kappa shape index (κ3) is 2.55. The number of hydrogen-bond donors (Lipinski definition) is 1. The molecule has 0 saturated heterocycles. The standard InChI is InChI=1S/C12H19N3/c1-8-6-10(12(2,3)4)15-9(7-14-5)11(8)13/h6-7H,13H2,1-5H3. The van der Waals surface area contributed by atoms with Crippen LogP contribution in [-0.4, -0.2) is 18.2 Å². The number of pyridine rings is 1. The minimum atomic E-state index is 0.0365. The van der Waals surface area contributed by atoms with E-state index in [4.69, 9.17) is 5.73 Å². The summed E-state index contributed by atoms with van der Waals surface area (Å²) >= 11 is 0. The molecule has 0 atom stereocenters. The Morgan fingerprint density at radius 3 is 2.47 bits per heavy atom. The zero-order valence-corrected chi connectivity index (χ0v) is 10.1. The van der Waals surface area contributed by atoms with Crippen LogP contribution in [0.5, 0.6) is 0 Å². The summed E-state index contributed by atoms with van der Waals surface area (Å²) in [7, 11) is 1.72. The summed E-state index contributed by atoms with van der Waals surface area (Å²) in [4.78, 5) is 8.48. The van der Waals surface area contributed by atoms with Gasteiger partial charge in [0.1, 0.15) is 5.69 Å². The van der Waals surface area contributed by atoms with Crippen LogP contribution in [0, 0.1) is 6.92 Å². The maximum Gasteiger partial charge on any atom is 0.104 e. The van der Waals surface area contributed by atoms with Crippen molar-refractivity contribution in [1.29, 1.82) is 0 Å². The third-order valence-electron chi connectivity index (χ3n) is 2.31. The average molecular weight is 205 g/mol. The molecule has 0 spiro atoms. The molecule has 0 radical (unpaired) electrons. The molecule has 0 aromatic carbocycles. The molecule has 0 fully saturated rings. The van der Waals surface area contributed by atoms with E-state index in [1.165, 1.54) is 0 Å². The van der Waals surface area contributed by atoms with Crippen LogP contribution in [0.4, 0.5) is 5.69 Å². The number of rotatable bonds is 1. The van der Waals surface area contributed by atoms with Gasteiger partial charge in [-0.25, -0.2) is 4.98 Å². The molecule has 0 aliphatic heterocycles. The molecule has 3 nitrogen and oxygen atoms in total. The van der Waals surface area contributed by atoms with E-state index in [0.29, 0.717) is 5.69 Å². The molecule has 0 amide bonds. The number of aromatic nitrogens is 1.